The van der Waals surface area contributed by atoms with Crippen LogP contribution in [0.2, 0.25) is 0 Å². The van der Waals surface area contributed by atoms with E-state index in [9.17, 15) is 0 Å². The average Bonchev–Trinajstić information content (AvgIpc) is 1.30. The summed E-state index contributed by atoms with van der Waals surface area (Å²) in [5.74, 6) is 0. The molecule has 0 aliphatic carbocycles. The zero-order valence-electron chi connectivity index (χ0n) is 5.06. The molecule has 0 radical (unpaired) electrons. The zero-order chi connectivity index (χ0) is 5.91. The van der Waals surface area contributed by atoms with Crippen molar-refractivity contribution in [3.05, 3.63) is 0 Å². The van der Waals surface area contributed by atoms with Crippen LogP contribution < -0.4 is 0 Å². The largest absolute Gasteiger partial charge is 0.391 e. The number of hydrogen-bond donors (Lipinski definition) is 0. The van der Waals surface area contributed by atoms with Crippen LogP contribution in [-0.4, -0.2) is 12.3 Å². The van der Waals surface area contributed by atoms with Crippen LogP contribution >= 0.6 is 0 Å². The maximum atomic E-state index is 4.74. The Balaban J connectivity index is 3.34. The molecule has 0 saturated carbocycles. The first-order chi connectivity index (χ1) is 3.06. The highest BCUT2D eigenvalue weighted by atomic mass is 16.6. The number of rotatable bonds is 1. The van der Waals surface area contributed by atoms with Crippen molar-refractivity contribution >= 4 is 6.72 Å². The molecule has 0 amide bonds. The SMILES string of the molecule is C=NOC(C)(C)C. The van der Waals surface area contributed by atoms with E-state index in [0.29, 0.717) is 0 Å². The first-order valence-corrected chi connectivity index (χ1v) is 2.20. The van der Waals surface area contributed by atoms with Crippen molar-refractivity contribution in [2.45, 2.75) is 26.4 Å². The van der Waals surface area contributed by atoms with Gasteiger partial charge in [0, 0.05) is 6.72 Å². The summed E-state index contributed by atoms with van der Waals surface area (Å²) in [6.07, 6.45) is 0. The molecule has 0 atom stereocenters. The second-order valence-electron chi connectivity index (χ2n) is 2.33. The fourth-order valence-electron chi connectivity index (χ4n) is 0.194. The molecule has 0 heterocycles. The molecular formula is C5H11NO. The van der Waals surface area contributed by atoms with Crippen molar-refractivity contribution in [2.24, 2.45) is 5.16 Å². The predicted octanol–water partition coefficient (Wildman–Crippen LogP) is 1.42. The van der Waals surface area contributed by atoms with Crippen LogP contribution in [0.25, 0.3) is 0 Å². The fraction of sp³-hybridized carbons (Fsp3) is 0.800. The quantitative estimate of drug-likeness (QED) is 0.361. The summed E-state index contributed by atoms with van der Waals surface area (Å²) in [5, 5.41) is 3.26. The minimum absolute atomic E-state index is 0.179. The van der Waals surface area contributed by atoms with E-state index in [1.807, 2.05) is 20.8 Å². The summed E-state index contributed by atoms with van der Waals surface area (Å²) < 4.78 is 0. The van der Waals surface area contributed by atoms with Crippen molar-refractivity contribution < 1.29 is 4.84 Å². The molecule has 0 rings (SSSR count). The monoisotopic (exact) mass is 101 g/mol. The zero-order valence-corrected chi connectivity index (χ0v) is 5.06. The molecule has 42 valence electrons. The van der Waals surface area contributed by atoms with Crippen molar-refractivity contribution in [1.29, 1.82) is 0 Å². The van der Waals surface area contributed by atoms with Crippen molar-refractivity contribution in [2.75, 3.05) is 0 Å². The van der Waals surface area contributed by atoms with Gasteiger partial charge < -0.3 is 4.84 Å². The molecule has 0 aromatic rings. The molecule has 7 heavy (non-hydrogen) atoms. The highest BCUT2D eigenvalue weighted by Gasteiger charge is 2.08. The van der Waals surface area contributed by atoms with Gasteiger partial charge in [-0.2, -0.15) is 0 Å². The van der Waals surface area contributed by atoms with Gasteiger partial charge in [-0.05, 0) is 20.8 Å². The topological polar surface area (TPSA) is 21.6 Å². The van der Waals surface area contributed by atoms with E-state index in [1.165, 1.54) is 0 Å². The molecular weight excluding hydrogens is 90.1 g/mol. The molecule has 0 fully saturated rings. The standard InChI is InChI=1S/C5H11NO/c1-5(2,3)7-6-4/h4H2,1-3H3. The Bertz CT molecular complexity index is 63.0. The van der Waals surface area contributed by atoms with Crippen molar-refractivity contribution in [3.63, 3.8) is 0 Å². The lowest BCUT2D eigenvalue weighted by molar-refractivity contribution is 0.00270. The Morgan fingerprint density at radius 3 is 1.86 bits per heavy atom. The third-order valence-corrected chi connectivity index (χ3v) is 0.338. The molecule has 0 saturated heterocycles. The molecule has 0 unspecified atom stereocenters. The van der Waals surface area contributed by atoms with Gasteiger partial charge in [0.2, 0.25) is 0 Å². The Labute approximate surface area is 44.2 Å². The van der Waals surface area contributed by atoms with Gasteiger partial charge in [-0.1, -0.05) is 0 Å². The number of nitrogens with zero attached hydrogens (tertiary/aromatic N) is 1. The van der Waals surface area contributed by atoms with E-state index < -0.39 is 0 Å². The third kappa shape index (κ3) is 5.47. The first-order valence-electron chi connectivity index (χ1n) is 2.20. The number of oxime groups is 1. The summed E-state index contributed by atoms with van der Waals surface area (Å²) in [7, 11) is 0. The maximum absolute atomic E-state index is 4.74. The Hall–Kier alpha value is -0.530. The fourth-order valence-corrected chi connectivity index (χ4v) is 0.194. The molecule has 2 nitrogen and oxygen atoms in total. The van der Waals surface area contributed by atoms with Crippen LogP contribution in [0.3, 0.4) is 0 Å². The van der Waals surface area contributed by atoms with Crippen LogP contribution in [0, 0.1) is 0 Å². The second kappa shape index (κ2) is 1.96. The van der Waals surface area contributed by atoms with Gasteiger partial charge in [0.1, 0.15) is 5.60 Å². The number of hydrogen-bond acceptors (Lipinski definition) is 2. The van der Waals surface area contributed by atoms with Crippen LogP contribution in [0.1, 0.15) is 20.8 Å². The van der Waals surface area contributed by atoms with Crippen LogP contribution in [0.15, 0.2) is 5.16 Å². The predicted molar refractivity (Wildman–Crippen MR) is 30.4 cm³/mol. The average molecular weight is 101 g/mol. The van der Waals surface area contributed by atoms with Gasteiger partial charge in [-0.3, -0.25) is 0 Å². The van der Waals surface area contributed by atoms with Crippen LogP contribution in [0.4, 0.5) is 0 Å². The molecule has 0 N–H and O–H groups in total. The van der Waals surface area contributed by atoms with Crippen molar-refractivity contribution in [3.8, 4) is 0 Å². The minimum atomic E-state index is -0.179. The van der Waals surface area contributed by atoms with Gasteiger partial charge >= 0.3 is 0 Å². The van der Waals surface area contributed by atoms with Gasteiger partial charge in [-0.15, -0.1) is 5.16 Å². The molecule has 0 bridgehead atoms. The summed E-state index contributed by atoms with van der Waals surface area (Å²) in [4.78, 5) is 4.74. The molecule has 0 aromatic carbocycles. The maximum Gasteiger partial charge on any atom is 0.129 e. The molecule has 0 aliphatic heterocycles. The van der Waals surface area contributed by atoms with E-state index in [1.54, 1.807) is 0 Å². The Kier molecular flexibility index (Phi) is 1.81. The second-order valence-corrected chi connectivity index (χ2v) is 2.33. The van der Waals surface area contributed by atoms with Gasteiger partial charge in [0.05, 0.1) is 0 Å². The highest BCUT2D eigenvalue weighted by Crippen LogP contribution is 2.04. The molecule has 0 spiro atoms. The lowest BCUT2D eigenvalue weighted by Gasteiger charge is -2.13. The van der Waals surface area contributed by atoms with Crippen LogP contribution in [-0.2, 0) is 4.84 Å². The minimum Gasteiger partial charge on any atom is -0.391 e. The summed E-state index contributed by atoms with van der Waals surface area (Å²) >= 11 is 0. The third-order valence-electron chi connectivity index (χ3n) is 0.338. The lowest BCUT2D eigenvalue weighted by atomic mass is 10.2. The van der Waals surface area contributed by atoms with Gasteiger partial charge in [0.25, 0.3) is 0 Å². The summed E-state index contributed by atoms with van der Waals surface area (Å²) in [5.41, 5.74) is -0.179. The first kappa shape index (κ1) is 6.47. The summed E-state index contributed by atoms with van der Waals surface area (Å²) in [6, 6.07) is 0. The van der Waals surface area contributed by atoms with E-state index in [0.717, 1.165) is 0 Å². The van der Waals surface area contributed by atoms with E-state index in [2.05, 4.69) is 11.9 Å². The Morgan fingerprint density at radius 1 is 1.43 bits per heavy atom. The van der Waals surface area contributed by atoms with Gasteiger partial charge in [0.15, 0.2) is 0 Å². The summed E-state index contributed by atoms with van der Waals surface area (Å²) in [6.45, 7) is 8.93. The van der Waals surface area contributed by atoms with E-state index in [-0.39, 0.29) is 5.60 Å². The Morgan fingerprint density at radius 2 is 1.86 bits per heavy atom. The highest BCUT2D eigenvalue weighted by molar-refractivity contribution is 5.21. The van der Waals surface area contributed by atoms with Crippen molar-refractivity contribution in [1.82, 2.24) is 0 Å². The molecule has 0 aromatic heterocycles. The van der Waals surface area contributed by atoms with E-state index in [4.69, 9.17) is 4.84 Å². The van der Waals surface area contributed by atoms with Crippen LogP contribution in [0.5, 0.6) is 0 Å². The molecule has 0 aliphatic rings. The normalized spacial score (nSPS) is 10.7. The smallest absolute Gasteiger partial charge is 0.129 e. The van der Waals surface area contributed by atoms with Gasteiger partial charge in [-0.25, -0.2) is 0 Å². The molecule has 2 heteroatoms. The lowest BCUT2D eigenvalue weighted by Crippen LogP contribution is -2.14. The van der Waals surface area contributed by atoms with E-state index >= 15 is 0 Å².